The van der Waals surface area contributed by atoms with Gasteiger partial charge in [0.25, 0.3) is 5.91 Å². The maximum Gasteiger partial charge on any atom is 0.335 e. The van der Waals surface area contributed by atoms with Crippen LogP contribution in [0.5, 0.6) is 5.75 Å². The van der Waals surface area contributed by atoms with Gasteiger partial charge in [-0.2, -0.15) is 0 Å². The van der Waals surface area contributed by atoms with E-state index < -0.39 is 48.6 Å². The van der Waals surface area contributed by atoms with E-state index in [0.717, 1.165) is 37.8 Å². The number of oxime groups is 1. The molecule has 0 aromatic heterocycles. The van der Waals surface area contributed by atoms with Crippen molar-refractivity contribution in [2.24, 2.45) is 5.16 Å². The Morgan fingerprint density at radius 1 is 0.882 bits per heavy atom. The molecule has 15 nitrogen and oxygen atoms in total. The maximum absolute atomic E-state index is 13.1. The number of carbonyl (C=O) groups is 3. The number of carboxylic acid groups (broad SMARTS) is 1. The highest BCUT2D eigenvalue weighted by atomic mass is 16.7. The van der Waals surface area contributed by atoms with Crippen LogP contribution in [0.15, 0.2) is 46.7 Å². The average Bonchev–Trinajstić information content (AvgIpc) is 3.09. The molecular weight excluding hydrogens is 668 g/mol. The van der Waals surface area contributed by atoms with Crippen molar-refractivity contribution in [3.05, 3.63) is 52.6 Å². The molecule has 1 aromatic carbocycles. The fourth-order valence-electron chi connectivity index (χ4n) is 4.84. The van der Waals surface area contributed by atoms with Gasteiger partial charge in [0.05, 0.1) is 37.7 Å². The van der Waals surface area contributed by atoms with Gasteiger partial charge in [0.2, 0.25) is 6.29 Å². The predicted molar refractivity (Wildman–Crippen MR) is 186 cm³/mol. The quantitative estimate of drug-likeness (QED) is 0.0362. The Balaban J connectivity index is 1.74. The van der Waals surface area contributed by atoms with Crippen LogP contribution in [0.2, 0.25) is 0 Å². The monoisotopic (exact) mass is 722 g/mol. The Morgan fingerprint density at radius 3 is 2.25 bits per heavy atom. The van der Waals surface area contributed by atoms with E-state index in [1.165, 1.54) is 36.3 Å². The first-order valence-electron chi connectivity index (χ1n) is 17.1. The Morgan fingerprint density at radius 2 is 1.57 bits per heavy atom. The van der Waals surface area contributed by atoms with Crippen LogP contribution in [-0.2, 0) is 40.0 Å². The van der Waals surface area contributed by atoms with Gasteiger partial charge in [0, 0.05) is 13.5 Å². The SMILES string of the molecule is CC/C=C(\C)CC/C=C(\C)CC/C(C)=N/OCCOCCOCCNC(=O)c1cc(COC(C)=O)ccc1OC1O[C@H](C(=O)O)[C@@H](O)[C@H](O)[C@H]1O. The molecule has 1 fully saturated rings. The highest BCUT2D eigenvalue weighted by Crippen LogP contribution is 2.28. The van der Waals surface area contributed by atoms with Gasteiger partial charge >= 0.3 is 11.9 Å². The molecule has 5 atom stereocenters. The normalized spacial score (nSPS) is 21.3. The summed E-state index contributed by atoms with van der Waals surface area (Å²) in [4.78, 5) is 41.2. The summed E-state index contributed by atoms with van der Waals surface area (Å²) < 4.78 is 26.8. The molecule has 1 aliphatic heterocycles. The van der Waals surface area contributed by atoms with Crippen molar-refractivity contribution in [3.8, 4) is 5.75 Å². The number of aliphatic carboxylic acids is 1. The molecule has 1 heterocycles. The highest BCUT2D eigenvalue weighted by molar-refractivity contribution is 5.97. The summed E-state index contributed by atoms with van der Waals surface area (Å²) >= 11 is 0. The zero-order valence-electron chi connectivity index (χ0n) is 30.2. The first-order chi connectivity index (χ1) is 24.3. The zero-order chi connectivity index (χ0) is 37.8. The van der Waals surface area contributed by atoms with Crippen LogP contribution >= 0.6 is 0 Å². The Bertz CT molecular complexity index is 1350. The summed E-state index contributed by atoms with van der Waals surface area (Å²) in [5.41, 5.74) is 4.06. The number of hydrogen-bond acceptors (Lipinski definition) is 13. The van der Waals surface area contributed by atoms with E-state index in [2.05, 4.69) is 43.4 Å². The Labute approximate surface area is 299 Å². The molecule has 1 amide bonds. The van der Waals surface area contributed by atoms with E-state index >= 15 is 0 Å². The van der Waals surface area contributed by atoms with Gasteiger partial charge in [-0.05, 0) is 70.6 Å². The van der Waals surface area contributed by atoms with E-state index in [-0.39, 0.29) is 37.7 Å². The van der Waals surface area contributed by atoms with Crippen molar-refractivity contribution in [2.75, 3.05) is 39.6 Å². The second-order valence-electron chi connectivity index (χ2n) is 12.2. The molecule has 0 aliphatic carbocycles. The van der Waals surface area contributed by atoms with Crippen molar-refractivity contribution in [1.29, 1.82) is 0 Å². The largest absolute Gasteiger partial charge is 0.479 e. The van der Waals surface area contributed by atoms with E-state index in [1.54, 1.807) is 0 Å². The molecule has 286 valence electrons. The van der Waals surface area contributed by atoms with Gasteiger partial charge in [0.1, 0.15) is 37.3 Å². The summed E-state index contributed by atoms with van der Waals surface area (Å²) in [6, 6.07) is 4.22. The lowest BCUT2D eigenvalue weighted by atomic mass is 9.99. The van der Waals surface area contributed by atoms with Crippen molar-refractivity contribution in [1.82, 2.24) is 5.32 Å². The lowest BCUT2D eigenvalue weighted by Crippen LogP contribution is -2.61. The van der Waals surface area contributed by atoms with Crippen LogP contribution < -0.4 is 10.1 Å². The molecule has 0 bridgehead atoms. The third-order valence-corrected chi connectivity index (χ3v) is 7.70. The van der Waals surface area contributed by atoms with Gasteiger partial charge in [0.15, 0.2) is 6.10 Å². The van der Waals surface area contributed by atoms with E-state index in [1.807, 2.05) is 6.92 Å². The smallest absolute Gasteiger partial charge is 0.335 e. The number of amides is 1. The number of aliphatic hydroxyl groups is 3. The van der Waals surface area contributed by atoms with Crippen LogP contribution in [0.1, 0.15) is 82.6 Å². The number of aliphatic hydroxyl groups excluding tert-OH is 3. The molecular formula is C36H54N2O13. The second-order valence-corrected chi connectivity index (χ2v) is 12.2. The Hall–Kier alpha value is -3.86. The van der Waals surface area contributed by atoms with Crippen molar-refractivity contribution >= 4 is 23.6 Å². The number of ether oxygens (including phenoxy) is 5. The van der Waals surface area contributed by atoms with Crippen LogP contribution in [0.4, 0.5) is 0 Å². The Kier molecular flexibility index (Phi) is 20.0. The molecule has 1 aliphatic rings. The zero-order valence-corrected chi connectivity index (χ0v) is 30.2. The molecule has 0 saturated carbocycles. The number of nitrogens with one attached hydrogen (secondary N) is 1. The summed E-state index contributed by atoms with van der Waals surface area (Å²) in [5.74, 6) is -2.86. The van der Waals surface area contributed by atoms with Crippen LogP contribution in [0.25, 0.3) is 0 Å². The van der Waals surface area contributed by atoms with E-state index in [0.29, 0.717) is 25.4 Å². The van der Waals surface area contributed by atoms with Crippen molar-refractivity contribution < 1.29 is 63.3 Å². The number of carboxylic acids is 1. The predicted octanol–water partition coefficient (Wildman–Crippen LogP) is 3.04. The van der Waals surface area contributed by atoms with Gasteiger partial charge in [-0.1, -0.05) is 41.4 Å². The summed E-state index contributed by atoms with van der Waals surface area (Å²) in [7, 11) is 0. The van der Waals surface area contributed by atoms with Gasteiger partial charge < -0.3 is 54.3 Å². The van der Waals surface area contributed by atoms with Gasteiger partial charge in [-0.3, -0.25) is 9.59 Å². The fourth-order valence-corrected chi connectivity index (χ4v) is 4.84. The first kappa shape index (κ1) is 43.3. The number of nitrogens with zero attached hydrogens (tertiary/aromatic N) is 1. The lowest BCUT2D eigenvalue weighted by molar-refractivity contribution is -0.271. The topological polar surface area (TPSA) is 212 Å². The molecule has 0 radical (unpaired) electrons. The number of benzene rings is 1. The van der Waals surface area contributed by atoms with E-state index in [9.17, 15) is 34.8 Å². The maximum atomic E-state index is 13.1. The highest BCUT2D eigenvalue weighted by Gasteiger charge is 2.48. The summed E-state index contributed by atoms with van der Waals surface area (Å²) in [6.45, 7) is 10.9. The van der Waals surface area contributed by atoms with Crippen molar-refractivity contribution in [3.63, 3.8) is 0 Å². The number of hydrogen-bond donors (Lipinski definition) is 5. The second kappa shape index (κ2) is 23.6. The third-order valence-electron chi connectivity index (χ3n) is 7.70. The average molecular weight is 723 g/mol. The van der Waals surface area contributed by atoms with Gasteiger partial charge in [-0.15, -0.1) is 0 Å². The third kappa shape index (κ3) is 16.4. The minimum atomic E-state index is -1.91. The molecule has 0 spiro atoms. The van der Waals surface area contributed by atoms with Crippen molar-refractivity contribution in [2.45, 2.75) is 104 Å². The van der Waals surface area contributed by atoms with Crippen LogP contribution in [0, 0.1) is 0 Å². The number of esters is 1. The standard InChI is InChI=1S/C36H54N2O13/c1-6-8-23(2)9-7-10-24(3)11-12-25(4)38-49-20-19-47-18-17-46-16-15-37-34(43)28-21-27(22-48-26(5)39)13-14-29(28)50-36-32(42)30(40)31(41)33(51-36)35(44)45/h8,10,13-14,21,30-33,36,40-42H,6-7,9,11-12,15-20,22H2,1-5H3,(H,37,43)(H,44,45)/b23-8+,24-10+,38-25+/t30-,31-,32+,33-,36?/m0/s1. The first-order valence-corrected chi connectivity index (χ1v) is 17.1. The molecule has 51 heavy (non-hydrogen) atoms. The minimum absolute atomic E-state index is 0.0543. The summed E-state index contributed by atoms with van der Waals surface area (Å²) in [5, 5.41) is 46.6. The summed E-state index contributed by atoms with van der Waals surface area (Å²) in [6.07, 6.45) is 0.254. The molecule has 2 rings (SSSR count). The molecule has 1 unspecified atom stereocenters. The number of allylic oxidation sites excluding steroid dienone is 4. The number of rotatable bonds is 23. The van der Waals surface area contributed by atoms with Crippen LogP contribution in [-0.4, -0.2) is 114 Å². The fraction of sp³-hybridized carbons (Fsp3) is 0.611. The molecule has 1 aromatic rings. The number of carbonyl (C=O) groups excluding carboxylic acids is 2. The molecule has 5 N–H and O–H groups in total. The molecule has 1 saturated heterocycles. The van der Waals surface area contributed by atoms with Gasteiger partial charge in [-0.25, -0.2) is 4.79 Å². The minimum Gasteiger partial charge on any atom is -0.479 e. The van der Waals surface area contributed by atoms with E-state index in [4.69, 9.17) is 28.5 Å². The molecule has 15 heteroatoms. The van der Waals surface area contributed by atoms with Crippen LogP contribution in [0.3, 0.4) is 0 Å². The lowest BCUT2D eigenvalue weighted by Gasteiger charge is -2.38.